The van der Waals surface area contributed by atoms with Crippen molar-refractivity contribution in [2.75, 3.05) is 7.11 Å². The van der Waals surface area contributed by atoms with Crippen LogP contribution in [0.5, 0.6) is 5.75 Å². The van der Waals surface area contributed by atoms with Crippen LogP contribution in [0.2, 0.25) is 0 Å². The summed E-state index contributed by atoms with van der Waals surface area (Å²) in [7, 11) is 1.35. The second-order valence-corrected chi connectivity index (χ2v) is 6.52. The van der Waals surface area contributed by atoms with Gasteiger partial charge in [-0.3, -0.25) is 9.59 Å². The molecule has 0 fully saturated rings. The molecule has 0 unspecified atom stereocenters. The molecule has 31 heavy (non-hydrogen) atoms. The zero-order valence-corrected chi connectivity index (χ0v) is 16.2. The number of halogens is 3. The highest BCUT2D eigenvalue weighted by molar-refractivity contribution is 5.93. The van der Waals surface area contributed by atoms with Crippen LogP contribution < -0.4 is 10.1 Å². The van der Waals surface area contributed by atoms with E-state index in [0.717, 1.165) is 18.2 Å². The lowest BCUT2D eigenvalue weighted by molar-refractivity contribution is -0.137. The van der Waals surface area contributed by atoms with E-state index in [1.54, 1.807) is 0 Å². The van der Waals surface area contributed by atoms with Gasteiger partial charge in [-0.15, -0.1) is 0 Å². The first-order chi connectivity index (χ1) is 14.8. The van der Waals surface area contributed by atoms with Gasteiger partial charge in [0.05, 0.1) is 19.6 Å². The molecule has 1 amide bonds. The van der Waals surface area contributed by atoms with Gasteiger partial charge in [0.25, 0.3) is 5.91 Å². The Bertz CT molecular complexity index is 1140. The summed E-state index contributed by atoms with van der Waals surface area (Å²) in [4.78, 5) is 28.1. The summed E-state index contributed by atoms with van der Waals surface area (Å²) in [5, 5.41) is 11.6. The highest BCUT2D eigenvalue weighted by Crippen LogP contribution is 2.29. The van der Waals surface area contributed by atoms with Crippen molar-refractivity contribution < 1.29 is 32.6 Å². The van der Waals surface area contributed by atoms with Gasteiger partial charge in [0.2, 0.25) is 0 Å². The SMILES string of the molecule is COc1ccc(C(=O)N[C@@H](CC(=O)O)c2ccccc2F)nc1-c1ccc(F)c(F)c1. The number of rotatable bonds is 7. The fourth-order valence-corrected chi connectivity index (χ4v) is 2.99. The largest absolute Gasteiger partial charge is 0.494 e. The van der Waals surface area contributed by atoms with Gasteiger partial charge in [-0.25, -0.2) is 18.2 Å². The van der Waals surface area contributed by atoms with Gasteiger partial charge in [0, 0.05) is 11.1 Å². The summed E-state index contributed by atoms with van der Waals surface area (Å²) in [5.41, 5.74) is 0.108. The number of hydrogen-bond donors (Lipinski definition) is 2. The summed E-state index contributed by atoms with van der Waals surface area (Å²) in [6, 6.07) is 10.2. The molecular weight excluding hydrogens is 413 g/mol. The molecule has 0 bridgehead atoms. The molecule has 1 heterocycles. The first-order valence-electron chi connectivity index (χ1n) is 9.07. The van der Waals surface area contributed by atoms with Crippen molar-refractivity contribution in [1.29, 1.82) is 0 Å². The van der Waals surface area contributed by atoms with Gasteiger partial charge in [-0.2, -0.15) is 0 Å². The minimum absolute atomic E-state index is 0.00703. The molecule has 0 aliphatic carbocycles. The molecular formula is C22H17F3N2O4. The summed E-state index contributed by atoms with van der Waals surface area (Å²) in [5.74, 6) is -4.62. The van der Waals surface area contributed by atoms with Crippen LogP contribution >= 0.6 is 0 Å². The number of nitrogens with one attached hydrogen (secondary N) is 1. The zero-order valence-electron chi connectivity index (χ0n) is 16.2. The standard InChI is InChI=1S/C22H17F3N2O4/c1-31-19-9-8-17(26-21(19)12-6-7-15(24)16(25)10-12)22(30)27-18(11-20(28)29)13-4-2-3-5-14(13)23/h2-10,18H,11H2,1H3,(H,27,30)(H,28,29)/t18-/m0/s1. The van der Waals surface area contributed by atoms with E-state index in [1.807, 2.05) is 0 Å². The number of amides is 1. The Balaban J connectivity index is 1.95. The van der Waals surface area contributed by atoms with Crippen molar-refractivity contribution in [3.8, 4) is 17.0 Å². The van der Waals surface area contributed by atoms with Crippen LogP contribution in [-0.4, -0.2) is 29.1 Å². The number of pyridine rings is 1. The van der Waals surface area contributed by atoms with Crippen LogP contribution in [0.4, 0.5) is 13.2 Å². The maximum Gasteiger partial charge on any atom is 0.305 e. The lowest BCUT2D eigenvalue weighted by atomic mass is 10.0. The van der Waals surface area contributed by atoms with Gasteiger partial charge in [-0.1, -0.05) is 18.2 Å². The number of benzene rings is 2. The first kappa shape index (κ1) is 21.8. The van der Waals surface area contributed by atoms with Crippen molar-refractivity contribution in [1.82, 2.24) is 10.3 Å². The van der Waals surface area contributed by atoms with Gasteiger partial charge >= 0.3 is 5.97 Å². The number of aliphatic carboxylic acids is 1. The van der Waals surface area contributed by atoms with Crippen molar-refractivity contribution >= 4 is 11.9 Å². The number of hydrogen-bond acceptors (Lipinski definition) is 4. The normalized spacial score (nSPS) is 11.6. The van der Waals surface area contributed by atoms with E-state index in [0.29, 0.717) is 0 Å². The number of carboxylic acid groups (broad SMARTS) is 1. The molecule has 160 valence electrons. The monoisotopic (exact) mass is 430 g/mol. The minimum Gasteiger partial charge on any atom is -0.494 e. The molecule has 6 nitrogen and oxygen atoms in total. The molecule has 0 spiro atoms. The van der Waals surface area contributed by atoms with E-state index in [-0.39, 0.29) is 28.3 Å². The average molecular weight is 430 g/mol. The lowest BCUT2D eigenvalue weighted by Gasteiger charge is -2.18. The van der Waals surface area contributed by atoms with Crippen LogP contribution in [-0.2, 0) is 4.79 Å². The molecule has 3 rings (SSSR count). The summed E-state index contributed by atoms with van der Waals surface area (Å²) in [6.45, 7) is 0. The number of carbonyl (C=O) groups is 2. The maximum absolute atomic E-state index is 14.2. The molecule has 0 saturated carbocycles. The molecule has 9 heteroatoms. The predicted octanol–water partition coefficient (Wildman–Crippen LogP) is 4.12. The van der Waals surface area contributed by atoms with Crippen molar-refractivity contribution in [3.05, 3.63) is 83.3 Å². The summed E-state index contributed by atoms with van der Waals surface area (Å²) >= 11 is 0. The van der Waals surface area contributed by atoms with Crippen LogP contribution in [0, 0.1) is 17.5 Å². The van der Waals surface area contributed by atoms with E-state index in [9.17, 15) is 22.8 Å². The van der Waals surface area contributed by atoms with Gasteiger partial charge in [0.1, 0.15) is 23.0 Å². The van der Waals surface area contributed by atoms with Gasteiger partial charge < -0.3 is 15.2 Å². The molecule has 2 N–H and O–H groups in total. The highest BCUT2D eigenvalue weighted by Gasteiger charge is 2.23. The molecule has 2 aromatic carbocycles. The highest BCUT2D eigenvalue weighted by atomic mass is 19.2. The quantitative estimate of drug-likeness (QED) is 0.589. The van der Waals surface area contributed by atoms with E-state index in [2.05, 4.69) is 10.3 Å². The third-order valence-electron chi connectivity index (χ3n) is 4.47. The molecule has 1 atom stereocenters. The third kappa shape index (κ3) is 5.00. The number of aromatic nitrogens is 1. The number of carbonyl (C=O) groups excluding carboxylic acids is 1. The molecule has 0 aliphatic rings. The van der Waals surface area contributed by atoms with E-state index in [4.69, 9.17) is 9.84 Å². The van der Waals surface area contributed by atoms with Crippen LogP contribution in [0.15, 0.2) is 54.6 Å². The van der Waals surface area contributed by atoms with Crippen molar-refractivity contribution in [2.24, 2.45) is 0 Å². The van der Waals surface area contributed by atoms with Crippen LogP contribution in [0.1, 0.15) is 28.5 Å². The Morgan fingerprint density at radius 2 is 1.77 bits per heavy atom. The van der Waals surface area contributed by atoms with Crippen LogP contribution in [0.3, 0.4) is 0 Å². The number of nitrogens with zero attached hydrogens (tertiary/aromatic N) is 1. The second kappa shape index (κ2) is 9.29. The Morgan fingerprint density at radius 1 is 1.03 bits per heavy atom. The second-order valence-electron chi connectivity index (χ2n) is 6.52. The Kier molecular flexibility index (Phi) is 6.54. The fourth-order valence-electron chi connectivity index (χ4n) is 2.99. The average Bonchev–Trinajstić information content (AvgIpc) is 2.74. The molecule has 1 aromatic heterocycles. The van der Waals surface area contributed by atoms with E-state index in [1.165, 1.54) is 43.5 Å². The Morgan fingerprint density at radius 3 is 2.42 bits per heavy atom. The van der Waals surface area contributed by atoms with E-state index >= 15 is 0 Å². The number of methoxy groups -OCH3 is 1. The van der Waals surface area contributed by atoms with Crippen molar-refractivity contribution in [2.45, 2.75) is 12.5 Å². The van der Waals surface area contributed by atoms with E-state index < -0.39 is 41.8 Å². The summed E-state index contributed by atoms with van der Waals surface area (Å²) < 4.78 is 46.3. The third-order valence-corrected chi connectivity index (χ3v) is 4.47. The zero-order chi connectivity index (χ0) is 22.5. The van der Waals surface area contributed by atoms with Gasteiger partial charge in [-0.05, 0) is 36.4 Å². The molecule has 3 aromatic rings. The minimum atomic E-state index is -1.24. The lowest BCUT2D eigenvalue weighted by Crippen LogP contribution is -2.31. The number of carboxylic acids is 1. The number of ether oxygens (including phenoxy) is 1. The Hall–Kier alpha value is -3.88. The van der Waals surface area contributed by atoms with Crippen LogP contribution in [0.25, 0.3) is 11.3 Å². The smallest absolute Gasteiger partial charge is 0.305 e. The summed E-state index contributed by atoms with van der Waals surface area (Å²) in [6.07, 6.45) is -0.557. The van der Waals surface area contributed by atoms with Crippen molar-refractivity contribution in [3.63, 3.8) is 0 Å². The predicted molar refractivity (Wildman–Crippen MR) is 105 cm³/mol. The first-order valence-corrected chi connectivity index (χ1v) is 9.07. The maximum atomic E-state index is 14.2. The molecule has 0 radical (unpaired) electrons. The Labute approximate surface area is 175 Å². The topological polar surface area (TPSA) is 88.5 Å². The van der Waals surface area contributed by atoms with Gasteiger partial charge in [0.15, 0.2) is 11.6 Å². The molecule has 0 aliphatic heterocycles. The molecule has 0 saturated heterocycles. The fraction of sp³-hybridized carbons (Fsp3) is 0.136.